The molecule has 3 nitrogen and oxygen atoms in total. The number of ether oxygens (including phenoxy) is 1. The summed E-state index contributed by atoms with van der Waals surface area (Å²) in [4.78, 5) is 0. The summed E-state index contributed by atoms with van der Waals surface area (Å²) in [5.41, 5.74) is 0.780. The minimum absolute atomic E-state index is 0.292. The lowest BCUT2D eigenvalue weighted by molar-refractivity contribution is 0.298. The van der Waals surface area contributed by atoms with Crippen molar-refractivity contribution >= 4 is 11.6 Å². The SMILES string of the molecule is Cn1ccc(COc2cc(F)cc(Cl)c2)n1. The topological polar surface area (TPSA) is 27.1 Å². The summed E-state index contributed by atoms with van der Waals surface area (Å²) in [6, 6.07) is 5.92. The zero-order valence-corrected chi connectivity index (χ0v) is 9.41. The molecule has 0 N–H and O–H groups in total. The van der Waals surface area contributed by atoms with E-state index >= 15 is 0 Å². The van der Waals surface area contributed by atoms with E-state index in [0.29, 0.717) is 17.4 Å². The highest BCUT2D eigenvalue weighted by molar-refractivity contribution is 6.30. The highest BCUT2D eigenvalue weighted by atomic mass is 35.5. The van der Waals surface area contributed by atoms with Crippen molar-refractivity contribution in [1.82, 2.24) is 9.78 Å². The second-order valence-corrected chi connectivity index (χ2v) is 3.81. The summed E-state index contributed by atoms with van der Waals surface area (Å²) in [6.07, 6.45) is 1.82. The van der Waals surface area contributed by atoms with Gasteiger partial charge < -0.3 is 4.74 Å². The maximum atomic E-state index is 13.0. The fourth-order valence-corrected chi connectivity index (χ4v) is 1.52. The number of aromatic nitrogens is 2. The van der Waals surface area contributed by atoms with E-state index in [-0.39, 0.29) is 0 Å². The van der Waals surface area contributed by atoms with Gasteiger partial charge in [-0.2, -0.15) is 5.10 Å². The Kier molecular flexibility index (Phi) is 3.10. The Balaban J connectivity index is 2.04. The highest BCUT2D eigenvalue weighted by Crippen LogP contribution is 2.20. The normalized spacial score (nSPS) is 10.4. The molecule has 0 radical (unpaired) electrons. The number of benzene rings is 1. The van der Waals surface area contributed by atoms with E-state index in [9.17, 15) is 4.39 Å². The van der Waals surface area contributed by atoms with Crippen LogP contribution >= 0.6 is 11.6 Å². The maximum Gasteiger partial charge on any atom is 0.132 e. The molecule has 2 aromatic rings. The third kappa shape index (κ3) is 2.73. The number of hydrogen-bond donors (Lipinski definition) is 0. The minimum Gasteiger partial charge on any atom is -0.487 e. The molecule has 16 heavy (non-hydrogen) atoms. The lowest BCUT2D eigenvalue weighted by atomic mass is 10.3. The van der Waals surface area contributed by atoms with Gasteiger partial charge in [0.1, 0.15) is 18.2 Å². The molecule has 1 heterocycles. The van der Waals surface area contributed by atoms with Crippen molar-refractivity contribution < 1.29 is 9.13 Å². The van der Waals surface area contributed by atoms with Gasteiger partial charge in [0.15, 0.2) is 0 Å². The van der Waals surface area contributed by atoms with Gasteiger partial charge in [0.05, 0.1) is 5.69 Å². The van der Waals surface area contributed by atoms with E-state index in [4.69, 9.17) is 16.3 Å². The Hall–Kier alpha value is -1.55. The second-order valence-electron chi connectivity index (χ2n) is 3.37. The van der Waals surface area contributed by atoms with Crippen LogP contribution in [0, 0.1) is 5.82 Å². The molecule has 0 spiro atoms. The van der Waals surface area contributed by atoms with Crippen molar-refractivity contribution in [1.29, 1.82) is 0 Å². The van der Waals surface area contributed by atoms with Gasteiger partial charge in [-0.25, -0.2) is 4.39 Å². The predicted molar refractivity (Wildman–Crippen MR) is 59.0 cm³/mol. The van der Waals surface area contributed by atoms with Crippen LogP contribution in [0.1, 0.15) is 5.69 Å². The monoisotopic (exact) mass is 240 g/mol. The molecule has 0 fully saturated rings. The van der Waals surface area contributed by atoms with Crippen molar-refractivity contribution in [2.75, 3.05) is 0 Å². The van der Waals surface area contributed by atoms with Crippen LogP contribution in [-0.2, 0) is 13.7 Å². The molecule has 0 saturated carbocycles. The predicted octanol–water partition coefficient (Wildman–Crippen LogP) is 2.79. The van der Waals surface area contributed by atoms with Crippen molar-refractivity contribution in [3.05, 3.63) is 47.0 Å². The van der Waals surface area contributed by atoms with Crippen LogP contribution in [0.15, 0.2) is 30.5 Å². The van der Waals surface area contributed by atoms with E-state index in [1.54, 1.807) is 10.7 Å². The first-order valence-electron chi connectivity index (χ1n) is 4.71. The average molecular weight is 241 g/mol. The Morgan fingerprint density at radius 2 is 2.25 bits per heavy atom. The van der Waals surface area contributed by atoms with Crippen LogP contribution in [0.5, 0.6) is 5.75 Å². The number of rotatable bonds is 3. The summed E-state index contributed by atoms with van der Waals surface area (Å²) >= 11 is 5.70. The van der Waals surface area contributed by atoms with Crippen LogP contribution in [0.4, 0.5) is 4.39 Å². The zero-order chi connectivity index (χ0) is 11.5. The summed E-state index contributed by atoms with van der Waals surface area (Å²) in [7, 11) is 1.82. The number of hydrogen-bond acceptors (Lipinski definition) is 2. The van der Waals surface area contributed by atoms with E-state index in [1.165, 1.54) is 12.1 Å². The first-order chi connectivity index (χ1) is 7.63. The lowest BCUT2D eigenvalue weighted by Gasteiger charge is -2.04. The summed E-state index contributed by atoms with van der Waals surface area (Å²) < 4.78 is 20.0. The molecular formula is C11H10ClFN2O. The van der Waals surface area contributed by atoms with E-state index in [1.807, 2.05) is 19.3 Å². The molecule has 5 heteroatoms. The van der Waals surface area contributed by atoms with Gasteiger partial charge in [0.2, 0.25) is 0 Å². The Morgan fingerprint density at radius 3 is 2.88 bits per heavy atom. The van der Waals surface area contributed by atoms with E-state index in [2.05, 4.69) is 5.10 Å². The van der Waals surface area contributed by atoms with Gasteiger partial charge in [-0.15, -0.1) is 0 Å². The smallest absolute Gasteiger partial charge is 0.132 e. The van der Waals surface area contributed by atoms with E-state index < -0.39 is 5.82 Å². The zero-order valence-electron chi connectivity index (χ0n) is 8.65. The van der Waals surface area contributed by atoms with Crippen molar-refractivity contribution in [2.24, 2.45) is 7.05 Å². The van der Waals surface area contributed by atoms with Crippen LogP contribution in [-0.4, -0.2) is 9.78 Å². The lowest BCUT2D eigenvalue weighted by Crippen LogP contribution is -1.98. The largest absolute Gasteiger partial charge is 0.487 e. The van der Waals surface area contributed by atoms with Crippen LogP contribution in [0.25, 0.3) is 0 Å². The average Bonchev–Trinajstić information content (AvgIpc) is 2.60. The standard InChI is InChI=1S/C11H10ClFN2O/c1-15-3-2-10(14-15)7-16-11-5-8(12)4-9(13)6-11/h2-6H,7H2,1H3. The number of halogens is 2. The quantitative estimate of drug-likeness (QED) is 0.825. The molecule has 2 rings (SSSR count). The molecule has 0 atom stereocenters. The Bertz CT molecular complexity index is 478. The van der Waals surface area contributed by atoms with Crippen LogP contribution in [0.3, 0.4) is 0 Å². The van der Waals surface area contributed by atoms with E-state index in [0.717, 1.165) is 5.69 Å². The summed E-state index contributed by atoms with van der Waals surface area (Å²) in [5.74, 6) is -0.0147. The van der Waals surface area contributed by atoms with Crippen molar-refractivity contribution in [3.8, 4) is 5.75 Å². The summed E-state index contributed by atoms with van der Waals surface area (Å²) in [5, 5.41) is 4.45. The second kappa shape index (κ2) is 4.53. The van der Waals surface area contributed by atoms with Crippen LogP contribution < -0.4 is 4.74 Å². The van der Waals surface area contributed by atoms with Crippen LogP contribution in [0.2, 0.25) is 5.02 Å². The highest BCUT2D eigenvalue weighted by Gasteiger charge is 2.02. The molecule has 0 aliphatic heterocycles. The van der Waals surface area contributed by atoms with Gasteiger partial charge in [0, 0.05) is 24.3 Å². The molecule has 0 amide bonds. The Morgan fingerprint density at radius 1 is 1.44 bits per heavy atom. The molecule has 84 valence electrons. The number of nitrogens with zero attached hydrogens (tertiary/aromatic N) is 2. The van der Waals surface area contributed by atoms with Crippen molar-refractivity contribution in [2.45, 2.75) is 6.61 Å². The van der Waals surface area contributed by atoms with Gasteiger partial charge in [-0.3, -0.25) is 4.68 Å². The maximum absolute atomic E-state index is 13.0. The first-order valence-corrected chi connectivity index (χ1v) is 5.09. The fourth-order valence-electron chi connectivity index (χ4n) is 1.31. The molecule has 1 aromatic heterocycles. The minimum atomic E-state index is -0.413. The Labute approximate surface area is 97.4 Å². The molecule has 0 aliphatic carbocycles. The van der Waals surface area contributed by atoms with Crippen molar-refractivity contribution in [3.63, 3.8) is 0 Å². The molecular weight excluding hydrogens is 231 g/mol. The van der Waals surface area contributed by atoms with Gasteiger partial charge in [0.25, 0.3) is 0 Å². The van der Waals surface area contributed by atoms with Gasteiger partial charge >= 0.3 is 0 Å². The first kappa shape index (κ1) is 11.0. The number of aryl methyl sites for hydroxylation is 1. The summed E-state index contributed by atoms with van der Waals surface area (Å²) in [6.45, 7) is 0.292. The molecule has 0 bridgehead atoms. The third-order valence-electron chi connectivity index (χ3n) is 1.99. The van der Waals surface area contributed by atoms with Gasteiger partial charge in [-0.1, -0.05) is 11.6 Å². The molecule has 0 aliphatic rings. The molecule has 0 saturated heterocycles. The third-order valence-corrected chi connectivity index (χ3v) is 2.21. The molecule has 0 unspecified atom stereocenters. The fraction of sp³-hybridized carbons (Fsp3) is 0.182. The van der Waals surface area contributed by atoms with Gasteiger partial charge in [-0.05, 0) is 18.2 Å². The molecule has 1 aromatic carbocycles.